The molecule has 114 valence electrons. The van der Waals surface area contributed by atoms with Crippen LogP contribution in [0.25, 0.3) is 0 Å². The zero-order valence-corrected chi connectivity index (χ0v) is 13.0. The molecule has 1 aromatic heterocycles. The van der Waals surface area contributed by atoms with Gasteiger partial charge in [-0.2, -0.15) is 0 Å². The molecule has 1 saturated carbocycles. The van der Waals surface area contributed by atoms with Gasteiger partial charge in [0.25, 0.3) is 0 Å². The lowest BCUT2D eigenvalue weighted by atomic mass is 9.95. The minimum atomic E-state index is 0. The average molecular weight is 301 g/mol. The number of hydrogen-bond acceptors (Lipinski definition) is 3. The van der Waals surface area contributed by atoms with Gasteiger partial charge in [0.2, 0.25) is 11.9 Å². The van der Waals surface area contributed by atoms with Crippen molar-refractivity contribution in [2.75, 3.05) is 11.9 Å². The van der Waals surface area contributed by atoms with Crippen molar-refractivity contribution in [2.24, 2.45) is 23.5 Å². The van der Waals surface area contributed by atoms with E-state index in [0.717, 1.165) is 25.8 Å². The van der Waals surface area contributed by atoms with Crippen molar-refractivity contribution in [1.82, 2.24) is 9.55 Å². The second-order valence-electron chi connectivity index (χ2n) is 5.82. The lowest BCUT2D eigenvalue weighted by Gasteiger charge is -2.18. The van der Waals surface area contributed by atoms with E-state index in [4.69, 9.17) is 5.73 Å². The molecule has 6 heteroatoms. The van der Waals surface area contributed by atoms with Gasteiger partial charge in [-0.05, 0) is 31.2 Å². The van der Waals surface area contributed by atoms with Gasteiger partial charge in [0.15, 0.2) is 0 Å². The van der Waals surface area contributed by atoms with E-state index < -0.39 is 0 Å². The van der Waals surface area contributed by atoms with Gasteiger partial charge in [-0.3, -0.25) is 10.1 Å². The first-order valence-corrected chi connectivity index (χ1v) is 7.14. The monoisotopic (exact) mass is 300 g/mol. The summed E-state index contributed by atoms with van der Waals surface area (Å²) in [6, 6.07) is 0. The van der Waals surface area contributed by atoms with Crippen molar-refractivity contribution >= 4 is 24.3 Å². The van der Waals surface area contributed by atoms with Crippen LogP contribution in [0.3, 0.4) is 0 Å². The maximum Gasteiger partial charge on any atom is 0.230 e. The number of carbonyl (C=O) groups excluding carboxylic acids is 1. The lowest BCUT2D eigenvalue weighted by molar-refractivity contribution is -0.120. The van der Waals surface area contributed by atoms with E-state index in [9.17, 15) is 4.79 Å². The maximum atomic E-state index is 12.3. The van der Waals surface area contributed by atoms with Crippen molar-refractivity contribution in [2.45, 2.75) is 39.7 Å². The fourth-order valence-electron chi connectivity index (χ4n) is 2.84. The molecule has 0 aromatic carbocycles. The molecule has 3 N–H and O–H groups in total. The minimum absolute atomic E-state index is 0. The molecule has 2 atom stereocenters. The molecule has 20 heavy (non-hydrogen) atoms. The summed E-state index contributed by atoms with van der Waals surface area (Å²) < 4.78 is 2.00. The number of rotatable bonds is 5. The molecule has 1 aromatic rings. The maximum absolute atomic E-state index is 12.3. The summed E-state index contributed by atoms with van der Waals surface area (Å²) in [5, 5.41) is 2.96. The van der Waals surface area contributed by atoms with Crippen LogP contribution in [0.2, 0.25) is 0 Å². The summed E-state index contributed by atoms with van der Waals surface area (Å²) in [6.07, 6.45) is 6.74. The second-order valence-corrected chi connectivity index (χ2v) is 5.82. The van der Waals surface area contributed by atoms with Crippen molar-refractivity contribution in [3.05, 3.63) is 12.4 Å². The van der Waals surface area contributed by atoms with E-state index in [1.807, 2.05) is 10.8 Å². The fraction of sp³-hybridized carbons (Fsp3) is 0.714. The number of nitrogens with one attached hydrogen (secondary N) is 1. The molecule has 0 unspecified atom stereocenters. The molecular weight excluding hydrogens is 276 g/mol. The van der Waals surface area contributed by atoms with Gasteiger partial charge in [0.1, 0.15) is 0 Å². The molecule has 5 nitrogen and oxygen atoms in total. The number of anilines is 1. The second kappa shape index (κ2) is 7.64. The van der Waals surface area contributed by atoms with Crippen molar-refractivity contribution in [3.63, 3.8) is 0 Å². The van der Waals surface area contributed by atoms with Crippen LogP contribution in [0.15, 0.2) is 12.4 Å². The van der Waals surface area contributed by atoms with Crippen molar-refractivity contribution in [3.8, 4) is 0 Å². The number of aromatic nitrogens is 2. The van der Waals surface area contributed by atoms with E-state index in [2.05, 4.69) is 24.1 Å². The number of amides is 1. The molecule has 1 aliphatic rings. The zero-order valence-electron chi connectivity index (χ0n) is 12.2. The van der Waals surface area contributed by atoms with Gasteiger partial charge in [-0.25, -0.2) is 4.98 Å². The summed E-state index contributed by atoms with van der Waals surface area (Å²) in [7, 11) is 0. The molecule has 0 radical (unpaired) electrons. The predicted molar refractivity (Wildman–Crippen MR) is 82.8 cm³/mol. The molecule has 2 rings (SSSR count). The molecule has 0 aliphatic heterocycles. The highest BCUT2D eigenvalue weighted by Crippen LogP contribution is 2.31. The Labute approximate surface area is 126 Å². The Hall–Kier alpha value is -1.07. The van der Waals surface area contributed by atoms with Crippen LogP contribution in [0, 0.1) is 17.8 Å². The molecule has 1 heterocycles. The Balaban J connectivity index is 0.00000200. The third-order valence-electron chi connectivity index (χ3n) is 3.81. The number of carbonyl (C=O) groups is 1. The highest BCUT2D eigenvalue weighted by atomic mass is 35.5. The number of nitrogens with two attached hydrogens (primary N) is 1. The van der Waals surface area contributed by atoms with Gasteiger partial charge in [0.05, 0.1) is 0 Å². The van der Waals surface area contributed by atoms with E-state index in [1.54, 1.807) is 6.20 Å². The van der Waals surface area contributed by atoms with Gasteiger partial charge in [0, 0.05) is 24.9 Å². The van der Waals surface area contributed by atoms with Crippen LogP contribution in [0.5, 0.6) is 0 Å². The first-order valence-electron chi connectivity index (χ1n) is 7.14. The lowest BCUT2D eigenvalue weighted by Crippen LogP contribution is -2.30. The molecule has 1 aliphatic carbocycles. The molecule has 0 saturated heterocycles. The average Bonchev–Trinajstić information content (AvgIpc) is 2.97. The number of nitrogens with zero attached hydrogens (tertiary/aromatic N) is 2. The quantitative estimate of drug-likeness (QED) is 0.876. The fourth-order valence-corrected chi connectivity index (χ4v) is 2.84. The Kier molecular flexibility index (Phi) is 6.49. The standard InChI is InChI=1S/C14H24N4O.ClH/c1-10(2)9-18-7-6-16-14(18)17-13(19)12-5-3-4-11(12)8-15;/h6-7,10-12H,3-5,8-9,15H2,1-2H3,(H,16,17,19);1H/t11-,12-;/m1./s1. The van der Waals surface area contributed by atoms with Crippen LogP contribution in [-0.2, 0) is 11.3 Å². The van der Waals surface area contributed by atoms with E-state index in [0.29, 0.717) is 24.3 Å². The molecule has 0 bridgehead atoms. The van der Waals surface area contributed by atoms with Crippen LogP contribution < -0.4 is 11.1 Å². The highest BCUT2D eigenvalue weighted by Gasteiger charge is 2.32. The van der Waals surface area contributed by atoms with Gasteiger partial charge >= 0.3 is 0 Å². The zero-order chi connectivity index (χ0) is 13.8. The van der Waals surface area contributed by atoms with Gasteiger partial charge in [-0.1, -0.05) is 20.3 Å². The summed E-state index contributed by atoms with van der Waals surface area (Å²) >= 11 is 0. The number of hydrogen-bond donors (Lipinski definition) is 2. The summed E-state index contributed by atoms with van der Waals surface area (Å²) in [5.41, 5.74) is 5.73. The minimum Gasteiger partial charge on any atom is -0.330 e. The molecular formula is C14H25ClN4O. The predicted octanol–water partition coefficient (Wildman–Crippen LogP) is 2.27. The van der Waals surface area contributed by atoms with Crippen LogP contribution >= 0.6 is 12.4 Å². The normalized spacial score (nSPS) is 21.8. The first-order chi connectivity index (χ1) is 9.11. The third-order valence-corrected chi connectivity index (χ3v) is 3.81. The summed E-state index contributed by atoms with van der Waals surface area (Å²) in [6.45, 7) is 5.75. The highest BCUT2D eigenvalue weighted by molar-refractivity contribution is 5.91. The van der Waals surface area contributed by atoms with E-state index >= 15 is 0 Å². The molecule has 1 amide bonds. The van der Waals surface area contributed by atoms with Gasteiger partial charge in [-0.15, -0.1) is 12.4 Å². The van der Waals surface area contributed by atoms with Gasteiger partial charge < -0.3 is 10.3 Å². The third kappa shape index (κ3) is 3.96. The smallest absolute Gasteiger partial charge is 0.230 e. The number of imidazole rings is 1. The Morgan fingerprint density at radius 1 is 1.55 bits per heavy atom. The van der Waals surface area contributed by atoms with Crippen LogP contribution in [-0.4, -0.2) is 22.0 Å². The van der Waals surface area contributed by atoms with E-state index in [1.165, 1.54) is 0 Å². The van der Waals surface area contributed by atoms with Crippen LogP contribution in [0.1, 0.15) is 33.1 Å². The number of halogens is 1. The Bertz CT molecular complexity index is 433. The topological polar surface area (TPSA) is 72.9 Å². The summed E-state index contributed by atoms with van der Waals surface area (Å²) in [5.74, 6) is 1.63. The van der Waals surface area contributed by atoms with Crippen molar-refractivity contribution in [1.29, 1.82) is 0 Å². The molecule has 1 fully saturated rings. The Morgan fingerprint density at radius 3 is 2.95 bits per heavy atom. The Morgan fingerprint density at radius 2 is 2.30 bits per heavy atom. The van der Waals surface area contributed by atoms with Crippen LogP contribution in [0.4, 0.5) is 5.95 Å². The largest absolute Gasteiger partial charge is 0.330 e. The first kappa shape index (κ1) is 17.0. The van der Waals surface area contributed by atoms with E-state index in [-0.39, 0.29) is 24.2 Å². The molecule has 0 spiro atoms. The van der Waals surface area contributed by atoms with Crippen molar-refractivity contribution < 1.29 is 4.79 Å². The summed E-state index contributed by atoms with van der Waals surface area (Å²) in [4.78, 5) is 16.5. The SMILES string of the molecule is CC(C)Cn1ccnc1NC(=O)[C@@H]1CCC[C@@H]1CN.Cl.